The number of carboxylic acids is 1. The van der Waals surface area contributed by atoms with Gasteiger partial charge in [0.05, 0.1) is 11.3 Å². The van der Waals surface area contributed by atoms with E-state index in [4.69, 9.17) is 23.2 Å². The third-order valence-electron chi connectivity index (χ3n) is 4.45. The van der Waals surface area contributed by atoms with E-state index >= 15 is 0 Å². The van der Waals surface area contributed by atoms with Crippen LogP contribution in [-0.4, -0.2) is 16.1 Å². The summed E-state index contributed by atoms with van der Waals surface area (Å²) in [6.07, 6.45) is 0. The number of carboxylic acid groups (broad SMARTS) is 1. The molecule has 1 aromatic heterocycles. The number of hydrogen-bond acceptors (Lipinski definition) is 2. The molecule has 0 saturated heterocycles. The van der Waals surface area contributed by atoms with Gasteiger partial charge in [-0.3, -0.25) is 0 Å². The smallest absolute Gasteiger partial charge is 0.337 e. The van der Waals surface area contributed by atoms with Gasteiger partial charge in [-0.1, -0.05) is 59.6 Å². The number of aromatic nitrogens is 1. The molecule has 3 rings (SSSR count). The van der Waals surface area contributed by atoms with Crippen molar-refractivity contribution in [3.8, 4) is 11.3 Å². The molecule has 0 fully saturated rings. The van der Waals surface area contributed by atoms with Crippen LogP contribution in [-0.2, 0) is 5.75 Å². The Hall–Kier alpha value is -1.88. The lowest BCUT2D eigenvalue weighted by molar-refractivity contribution is 0.0695. The first-order chi connectivity index (χ1) is 12.9. The minimum Gasteiger partial charge on any atom is -0.478 e. The molecule has 0 radical (unpaired) electrons. The Morgan fingerprint density at radius 2 is 1.74 bits per heavy atom. The lowest BCUT2D eigenvalue weighted by Crippen LogP contribution is -2.04. The maximum Gasteiger partial charge on any atom is 0.337 e. The van der Waals surface area contributed by atoms with Gasteiger partial charge in [0.15, 0.2) is 0 Å². The number of rotatable bonds is 6. The maximum atomic E-state index is 11.9. The highest BCUT2D eigenvalue weighted by Gasteiger charge is 2.26. The zero-order valence-electron chi connectivity index (χ0n) is 14.9. The van der Waals surface area contributed by atoms with E-state index in [2.05, 4.69) is 4.98 Å². The van der Waals surface area contributed by atoms with Crippen LogP contribution in [0.2, 0.25) is 10.0 Å². The van der Waals surface area contributed by atoms with E-state index in [1.165, 1.54) is 0 Å². The van der Waals surface area contributed by atoms with Gasteiger partial charge in [-0.15, -0.1) is 11.8 Å². The van der Waals surface area contributed by atoms with Gasteiger partial charge in [0.2, 0.25) is 0 Å². The van der Waals surface area contributed by atoms with E-state index < -0.39 is 5.97 Å². The summed E-state index contributed by atoms with van der Waals surface area (Å²) in [5, 5.41) is 10.9. The van der Waals surface area contributed by atoms with Gasteiger partial charge < -0.3 is 10.1 Å². The fourth-order valence-corrected chi connectivity index (χ4v) is 4.94. The van der Waals surface area contributed by atoms with Crippen LogP contribution < -0.4 is 0 Å². The maximum absolute atomic E-state index is 11.9. The Morgan fingerprint density at radius 1 is 1.11 bits per heavy atom. The average Bonchev–Trinajstić information content (AvgIpc) is 2.99. The van der Waals surface area contributed by atoms with E-state index in [0.717, 1.165) is 22.4 Å². The highest BCUT2D eigenvalue weighted by molar-refractivity contribution is 7.98. The molecule has 1 heterocycles. The Labute approximate surface area is 172 Å². The molecular weight excluding hydrogens is 401 g/mol. The Balaban J connectivity index is 1.98. The summed E-state index contributed by atoms with van der Waals surface area (Å²) in [5.41, 5.74) is 4.45. The number of benzene rings is 2. The number of aromatic amines is 1. The van der Waals surface area contributed by atoms with Crippen molar-refractivity contribution in [3.63, 3.8) is 0 Å². The summed E-state index contributed by atoms with van der Waals surface area (Å²) in [6, 6.07) is 15.2. The lowest BCUT2D eigenvalue weighted by Gasteiger charge is -2.15. The van der Waals surface area contributed by atoms with Crippen LogP contribution in [0.25, 0.3) is 11.3 Å². The zero-order chi connectivity index (χ0) is 19.6. The molecule has 0 amide bonds. The van der Waals surface area contributed by atoms with E-state index in [9.17, 15) is 9.90 Å². The van der Waals surface area contributed by atoms with Gasteiger partial charge in [-0.25, -0.2) is 4.79 Å². The number of hydrogen-bond donors (Lipinski definition) is 2. The highest BCUT2D eigenvalue weighted by Crippen LogP contribution is 2.42. The number of H-pyrrole nitrogens is 1. The third-order valence-corrected chi connectivity index (χ3v) is 6.35. The summed E-state index contributed by atoms with van der Waals surface area (Å²) in [5.74, 6) is -0.332. The molecule has 3 aromatic rings. The molecule has 0 unspecified atom stereocenters. The number of aryl methyl sites for hydroxylation is 1. The summed E-state index contributed by atoms with van der Waals surface area (Å²) < 4.78 is 0. The number of aromatic carboxylic acids is 1. The quantitative estimate of drug-likeness (QED) is 0.452. The fourth-order valence-electron chi connectivity index (χ4n) is 3.12. The van der Waals surface area contributed by atoms with Crippen molar-refractivity contribution in [1.82, 2.24) is 4.98 Å². The molecule has 0 bridgehead atoms. The second-order valence-electron chi connectivity index (χ2n) is 6.24. The number of thioether (sulfide) groups is 1. The molecule has 0 spiro atoms. The van der Waals surface area contributed by atoms with Crippen LogP contribution in [0.3, 0.4) is 0 Å². The first-order valence-electron chi connectivity index (χ1n) is 8.45. The molecule has 2 N–H and O–H groups in total. The summed E-state index contributed by atoms with van der Waals surface area (Å²) in [6.45, 7) is 3.80. The van der Waals surface area contributed by atoms with Gasteiger partial charge in [-0.05, 0) is 37.1 Å². The zero-order valence-corrected chi connectivity index (χ0v) is 17.3. The van der Waals surface area contributed by atoms with Crippen molar-refractivity contribution >= 4 is 40.9 Å². The molecule has 3 nitrogen and oxygen atoms in total. The molecule has 1 atom stereocenters. The monoisotopic (exact) mass is 419 g/mol. The average molecular weight is 420 g/mol. The van der Waals surface area contributed by atoms with Crippen LogP contribution in [0.1, 0.15) is 39.4 Å². The fraction of sp³-hybridized carbons (Fsp3) is 0.190. The largest absolute Gasteiger partial charge is 0.478 e. The van der Waals surface area contributed by atoms with Crippen molar-refractivity contribution in [3.05, 3.63) is 81.0 Å². The van der Waals surface area contributed by atoms with E-state index in [0.29, 0.717) is 27.1 Å². The van der Waals surface area contributed by atoms with E-state index in [-0.39, 0.29) is 5.25 Å². The minimum absolute atomic E-state index is 0.0661. The number of nitrogens with one attached hydrogen (secondary N) is 1. The normalized spacial score (nSPS) is 12.1. The molecule has 6 heteroatoms. The third kappa shape index (κ3) is 4.18. The van der Waals surface area contributed by atoms with E-state index in [1.54, 1.807) is 18.7 Å². The second kappa shape index (κ2) is 8.42. The van der Waals surface area contributed by atoms with Gasteiger partial charge in [0, 0.05) is 32.3 Å². The molecular formula is C21H19Cl2NO2S. The Bertz CT molecular complexity index is 950. The first-order valence-corrected chi connectivity index (χ1v) is 10.3. The van der Waals surface area contributed by atoms with Crippen molar-refractivity contribution < 1.29 is 9.90 Å². The minimum atomic E-state index is -0.927. The molecule has 27 heavy (non-hydrogen) atoms. The van der Waals surface area contributed by atoms with Crippen molar-refractivity contribution in [2.75, 3.05) is 0 Å². The standard InChI is InChI=1S/C21H19Cl2NO2S/c1-12-18(21(25)26)19(20(24-12)14-7-4-3-5-8-14)13(2)27-11-15-16(22)9-6-10-17(15)23/h3-10,13,24H,11H2,1-2H3,(H,25,26)/t13-/m0/s1. The number of carbonyl (C=O) groups is 1. The Kier molecular flexibility index (Phi) is 6.20. The first kappa shape index (κ1) is 19.9. The van der Waals surface area contributed by atoms with Crippen LogP contribution in [0.5, 0.6) is 0 Å². The topological polar surface area (TPSA) is 53.1 Å². The molecule has 0 aliphatic carbocycles. The summed E-state index contributed by atoms with van der Waals surface area (Å²) in [7, 11) is 0. The number of halogens is 2. The van der Waals surface area contributed by atoms with E-state index in [1.807, 2.05) is 55.5 Å². The predicted molar refractivity (Wildman–Crippen MR) is 114 cm³/mol. The van der Waals surface area contributed by atoms with Crippen LogP contribution >= 0.6 is 35.0 Å². The van der Waals surface area contributed by atoms with Gasteiger partial charge in [0.1, 0.15) is 0 Å². The van der Waals surface area contributed by atoms with Crippen molar-refractivity contribution in [1.29, 1.82) is 0 Å². The van der Waals surface area contributed by atoms with Crippen molar-refractivity contribution in [2.45, 2.75) is 24.9 Å². The molecule has 0 aliphatic rings. The predicted octanol–water partition coefficient (Wildman–Crippen LogP) is 6.99. The molecule has 0 aliphatic heterocycles. The summed E-state index contributed by atoms with van der Waals surface area (Å²) in [4.78, 5) is 15.2. The van der Waals surface area contributed by atoms with Crippen LogP contribution in [0, 0.1) is 6.92 Å². The Morgan fingerprint density at radius 3 is 2.33 bits per heavy atom. The van der Waals surface area contributed by atoms with Crippen LogP contribution in [0.4, 0.5) is 0 Å². The van der Waals surface area contributed by atoms with Gasteiger partial charge in [0.25, 0.3) is 0 Å². The molecule has 2 aromatic carbocycles. The van der Waals surface area contributed by atoms with Gasteiger partial charge >= 0.3 is 5.97 Å². The highest BCUT2D eigenvalue weighted by atomic mass is 35.5. The van der Waals surface area contributed by atoms with Crippen LogP contribution in [0.15, 0.2) is 48.5 Å². The summed E-state index contributed by atoms with van der Waals surface area (Å²) >= 11 is 14.2. The van der Waals surface area contributed by atoms with Crippen molar-refractivity contribution in [2.24, 2.45) is 0 Å². The second-order valence-corrected chi connectivity index (χ2v) is 8.38. The molecule has 0 saturated carbocycles. The van der Waals surface area contributed by atoms with Gasteiger partial charge in [-0.2, -0.15) is 0 Å². The molecule has 140 valence electrons. The SMILES string of the molecule is Cc1[nH]c(-c2ccccc2)c([C@H](C)SCc2c(Cl)cccc2Cl)c1C(=O)O. The lowest BCUT2D eigenvalue weighted by atomic mass is 10.0.